The first-order valence-electron chi connectivity index (χ1n) is 11.6. The van der Waals surface area contributed by atoms with Crippen molar-refractivity contribution in [3.05, 3.63) is 23.9 Å². The summed E-state index contributed by atoms with van der Waals surface area (Å²) in [5.74, 6) is -0.771. The Labute approximate surface area is 201 Å². The SMILES string of the molecule is CC(C)[C@@H](C=O)NC(=O)[C@H](C)NC(=O)[C@@H](NC(=O)c1ccnc(N2CCOCC2)c1)C(C)(C)C. The van der Waals surface area contributed by atoms with E-state index in [4.69, 9.17) is 4.74 Å². The first-order valence-corrected chi connectivity index (χ1v) is 11.6. The lowest BCUT2D eigenvalue weighted by molar-refractivity contribution is -0.131. The van der Waals surface area contributed by atoms with Crippen molar-refractivity contribution < 1.29 is 23.9 Å². The number of ether oxygens (including phenoxy) is 1. The monoisotopic (exact) mass is 475 g/mol. The molecule has 10 heteroatoms. The summed E-state index contributed by atoms with van der Waals surface area (Å²) in [6.07, 6.45) is 2.24. The lowest BCUT2D eigenvalue weighted by Crippen LogP contribution is -2.58. The van der Waals surface area contributed by atoms with Crippen LogP contribution in [0.25, 0.3) is 0 Å². The van der Waals surface area contributed by atoms with Crippen molar-refractivity contribution >= 4 is 29.8 Å². The average molecular weight is 476 g/mol. The van der Waals surface area contributed by atoms with Crippen LogP contribution in [0.1, 0.15) is 51.9 Å². The van der Waals surface area contributed by atoms with Crippen molar-refractivity contribution in [2.45, 2.75) is 59.7 Å². The molecule has 34 heavy (non-hydrogen) atoms. The molecule has 3 amide bonds. The minimum atomic E-state index is -0.901. The van der Waals surface area contributed by atoms with Gasteiger partial charge in [-0.1, -0.05) is 34.6 Å². The molecule has 10 nitrogen and oxygen atoms in total. The van der Waals surface area contributed by atoms with E-state index in [1.165, 1.54) is 6.92 Å². The summed E-state index contributed by atoms with van der Waals surface area (Å²) in [7, 11) is 0. The molecule has 0 bridgehead atoms. The molecule has 0 aliphatic carbocycles. The minimum absolute atomic E-state index is 0.0753. The number of morpholine rings is 1. The molecule has 0 unspecified atom stereocenters. The quantitative estimate of drug-likeness (QED) is 0.453. The third-order valence-corrected chi connectivity index (χ3v) is 5.67. The number of rotatable bonds is 9. The normalized spacial score (nSPS) is 16.9. The van der Waals surface area contributed by atoms with Crippen LogP contribution in [0, 0.1) is 11.3 Å². The fourth-order valence-corrected chi connectivity index (χ4v) is 3.42. The molecular formula is C24H37N5O5. The second-order valence-electron chi connectivity index (χ2n) is 9.92. The molecule has 2 heterocycles. The standard InChI is InChI=1S/C24H37N5O5/c1-15(2)18(14-30)27-21(31)16(3)26-23(33)20(24(4,5)6)28-22(32)17-7-8-25-19(13-17)29-9-11-34-12-10-29/h7-8,13-16,18,20H,9-12H2,1-6H3,(H,26,33)(H,27,31)(H,28,32)/t16-,18+,20+/m0/s1. The minimum Gasteiger partial charge on any atom is -0.378 e. The van der Waals surface area contributed by atoms with Gasteiger partial charge in [0, 0.05) is 24.8 Å². The number of hydrogen-bond acceptors (Lipinski definition) is 7. The maximum absolute atomic E-state index is 13.1. The molecule has 1 aromatic rings. The van der Waals surface area contributed by atoms with Gasteiger partial charge >= 0.3 is 0 Å². The third-order valence-electron chi connectivity index (χ3n) is 5.67. The maximum atomic E-state index is 13.1. The van der Waals surface area contributed by atoms with E-state index in [0.717, 1.165) is 0 Å². The molecule has 0 spiro atoms. The largest absolute Gasteiger partial charge is 0.378 e. The highest BCUT2D eigenvalue weighted by Gasteiger charge is 2.34. The number of carbonyl (C=O) groups is 4. The van der Waals surface area contributed by atoms with Gasteiger partial charge in [0.1, 0.15) is 24.2 Å². The average Bonchev–Trinajstić information content (AvgIpc) is 2.80. The van der Waals surface area contributed by atoms with E-state index in [-0.39, 0.29) is 5.92 Å². The molecule has 2 rings (SSSR count). The number of nitrogens with one attached hydrogen (secondary N) is 3. The van der Waals surface area contributed by atoms with Crippen LogP contribution in [-0.4, -0.2) is 73.4 Å². The number of aldehydes is 1. The van der Waals surface area contributed by atoms with Crippen molar-refractivity contribution in [1.82, 2.24) is 20.9 Å². The lowest BCUT2D eigenvalue weighted by atomic mass is 9.85. The van der Waals surface area contributed by atoms with E-state index < -0.39 is 41.3 Å². The molecule has 3 atom stereocenters. The first kappa shape index (κ1) is 27.2. The van der Waals surface area contributed by atoms with Crippen molar-refractivity contribution in [2.24, 2.45) is 11.3 Å². The van der Waals surface area contributed by atoms with Gasteiger partial charge in [0.25, 0.3) is 5.91 Å². The highest BCUT2D eigenvalue weighted by molar-refractivity contribution is 5.99. The Morgan fingerprint density at radius 2 is 1.71 bits per heavy atom. The summed E-state index contributed by atoms with van der Waals surface area (Å²) >= 11 is 0. The van der Waals surface area contributed by atoms with E-state index in [2.05, 4.69) is 20.9 Å². The predicted molar refractivity (Wildman–Crippen MR) is 128 cm³/mol. The van der Waals surface area contributed by atoms with Crippen molar-refractivity contribution in [2.75, 3.05) is 31.2 Å². The van der Waals surface area contributed by atoms with E-state index in [9.17, 15) is 19.2 Å². The zero-order valence-corrected chi connectivity index (χ0v) is 20.9. The summed E-state index contributed by atoms with van der Waals surface area (Å²) in [4.78, 5) is 56.1. The first-order chi connectivity index (χ1) is 15.9. The van der Waals surface area contributed by atoms with Crippen LogP contribution in [0.5, 0.6) is 0 Å². The molecule has 3 N–H and O–H groups in total. The summed E-state index contributed by atoms with van der Waals surface area (Å²) in [6.45, 7) is 13.2. The Balaban J connectivity index is 2.09. The van der Waals surface area contributed by atoms with E-state index >= 15 is 0 Å². The van der Waals surface area contributed by atoms with Gasteiger partial charge in [-0.15, -0.1) is 0 Å². The van der Waals surface area contributed by atoms with E-state index in [0.29, 0.717) is 44.0 Å². The summed E-state index contributed by atoms with van der Waals surface area (Å²) < 4.78 is 5.36. The molecular weight excluding hydrogens is 438 g/mol. The topological polar surface area (TPSA) is 130 Å². The molecule has 0 saturated carbocycles. The molecule has 1 saturated heterocycles. The number of pyridine rings is 1. The van der Waals surface area contributed by atoms with Crippen molar-refractivity contribution in [3.63, 3.8) is 0 Å². The Morgan fingerprint density at radius 3 is 2.26 bits per heavy atom. The summed E-state index contributed by atoms with van der Waals surface area (Å²) in [6, 6.07) is 0.863. The van der Waals surface area contributed by atoms with Crippen LogP contribution in [-0.2, 0) is 19.1 Å². The molecule has 1 fully saturated rings. The van der Waals surface area contributed by atoms with Crippen LogP contribution in [0.15, 0.2) is 18.3 Å². The predicted octanol–water partition coefficient (Wildman–Crippen LogP) is 0.907. The zero-order valence-electron chi connectivity index (χ0n) is 20.9. The Bertz CT molecular complexity index is 877. The highest BCUT2D eigenvalue weighted by Crippen LogP contribution is 2.21. The molecule has 1 aliphatic rings. The smallest absolute Gasteiger partial charge is 0.252 e. The fourth-order valence-electron chi connectivity index (χ4n) is 3.42. The van der Waals surface area contributed by atoms with Crippen LogP contribution < -0.4 is 20.9 Å². The van der Waals surface area contributed by atoms with Gasteiger partial charge in [-0.3, -0.25) is 14.4 Å². The van der Waals surface area contributed by atoms with E-state index in [1.807, 2.05) is 39.5 Å². The second-order valence-corrected chi connectivity index (χ2v) is 9.92. The van der Waals surface area contributed by atoms with Gasteiger partial charge in [0.15, 0.2) is 0 Å². The van der Waals surface area contributed by atoms with Gasteiger partial charge in [-0.05, 0) is 30.4 Å². The van der Waals surface area contributed by atoms with Gasteiger partial charge in [0.05, 0.1) is 19.3 Å². The fraction of sp³-hybridized carbons (Fsp3) is 0.625. The number of amides is 3. The van der Waals surface area contributed by atoms with Crippen molar-refractivity contribution in [1.29, 1.82) is 0 Å². The van der Waals surface area contributed by atoms with Crippen molar-refractivity contribution in [3.8, 4) is 0 Å². The maximum Gasteiger partial charge on any atom is 0.252 e. The summed E-state index contributed by atoms with van der Waals surface area (Å²) in [5, 5.41) is 8.09. The van der Waals surface area contributed by atoms with Crippen LogP contribution >= 0.6 is 0 Å². The summed E-state index contributed by atoms with van der Waals surface area (Å²) in [5.41, 5.74) is -0.241. The molecule has 0 aromatic carbocycles. The van der Waals surface area contributed by atoms with Gasteiger partial charge in [-0.25, -0.2) is 4.98 Å². The zero-order chi connectivity index (χ0) is 25.5. The van der Waals surface area contributed by atoms with Crippen LogP contribution in [0.4, 0.5) is 5.82 Å². The highest BCUT2D eigenvalue weighted by atomic mass is 16.5. The van der Waals surface area contributed by atoms with Gasteiger partial charge < -0.3 is 30.4 Å². The number of carbonyl (C=O) groups excluding carboxylic acids is 4. The Kier molecular flexibility index (Phi) is 9.55. The van der Waals surface area contributed by atoms with E-state index in [1.54, 1.807) is 18.3 Å². The molecule has 0 radical (unpaired) electrons. The number of hydrogen-bond donors (Lipinski definition) is 3. The molecule has 188 valence electrons. The van der Waals surface area contributed by atoms with Gasteiger partial charge in [0.2, 0.25) is 11.8 Å². The number of nitrogens with zero attached hydrogens (tertiary/aromatic N) is 2. The number of anilines is 1. The van der Waals surface area contributed by atoms with Gasteiger partial charge in [-0.2, -0.15) is 0 Å². The number of aromatic nitrogens is 1. The third kappa shape index (κ3) is 7.51. The Morgan fingerprint density at radius 1 is 1.06 bits per heavy atom. The molecule has 1 aliphatic heterocycles. The lowest BCUT2D eigenvalue weighted by Gasteiger charge is -2.31. The van der Waals surface area contributed by atoms with Crippen LogP contribution in [0.2, 0.25) is 0 Å². The Hall–Kier alpha value is -3.01. The van der Waals surface area contributed by atoms with Crippen LogP contribution in [0.3, 0.4) is 0 Å². The second kappa shape index (κ2) is 11.9. The molecule has 1 aromatic heterocycles.